The van der Waals surface area contributed by atoms with Crippen LogP contribution in [0.4, 0.5) is 0 Å². The van der Waals surface area contributed by atoms with E-state index < -0.39 is 0 Å². The Kier molecular flexibility index (Phi) is 3.78. The second-order valence-corrected chi connectivity index (χ2v) is 4.46. The topological polar surface area (TPSA) is 0 Å². The molecule has 0 unspecified atom stereocenters. The summed E-state index contributed by atoms with van der Waals surface area (Å²) in [5, 5.41) is 0. The molecule has 0 atom stereocenters. The smallest absolute Gasteiger partial charge is 0.00610 e. The third-order valence-corrected chi connectivity index (χ3v) is 3.34. The Hall–Kier alpha value is -2.08. The molecule has 0 amide bonds. The van der Waals surface area contributed by atoms with E-state index in [0.29, 0.717) is 5.92 Å². The summed E-state index contributed by atoms with van der Waals surface area (Å²) in [5.41, 5.74) is 4.97. The lowest BCUT2D eigenvalue weighted by Crippen LogP contribution is -1.95. The lowest BCUT2D eigenvalue weighted by Gasteiger charge is -2.13. The Morgan fingerprint density at radius 3 is 1.33 bits per heavy atom. The van der Waals surface area contributed by atoms with Crippen molar-refractivity contribution < 1.29 is 0 Å². The van der Waals surface area contributed by atoms with Crippen LogP contribution in [0.25, 0.3) is 12.2 Å². The largest absolute Gasteiger partial charge is 0.0985 e. The molecule has 0 spiro atoms. The van der Waals surface area contributed by atoms with Crippen LogP contribution in [0.3, 0.4) is 0 Å². The Morgan fingerprint density at radius 1 is 0.722 bits per heavy atom. The van der Waals surface area contributed by atoms with Crippen LogP contribution in [0.1, 0.15) is 35.1 Å². The van der Waals surface area contributed by atoms with Gasteiger partial charge in [-0.05, 0) is 22.3 Å². The second kappa shape index (κ2) is 5.50. The standard InChI is InChI=1S/C18H18/c1-4-15-6-10-17(11-7-15)14(3)18-12-8-16(5-2)9-13-18/h4-14H,1-2H2,3H3. The van der Waals surface area contributed by atoms with Crippen molar-refractivity contribution in [2.24, 2.45) is 0 Å². The van der Waals surface area contributed by atoms with Crippen LogP contribution in [-0.4, -0.2) is 0 Å². The van der Waals surface area contributed by atoms with E-state index in [9.17, 15) is 0 Å². The van der Waals surface area contributed by atoms with Gasteiger partial charge in [0, 0.05) is 5.92 Å². The van der Waals surface area contributed by atoms with Crippen LogP contribution in [0.2, 0.25) is 0 Å². The zero-order valence-corrected chi connectivity index (χ0v) is 10.8. The molecule has 0 aliphatic heterocycles. The van der Waals surface area contributed by atoms with Gasteiger partial charge in [-0.1, -0.05) is 80.8 Å². The Morgan fingerprint density at radius 2 is 1.06 bits per heavy atom. The third kappa shape index (κ3) is 2.60. The SMILES string of the molecule is C=Cc1ccc(C(C)c2ccc(C=C)cc2)cc1. The molecule has 18 heavy (non-hydrogen) atoms. The van der Waals surface area contributed by atoms with Crippen molar-refractivity contribution in [2.45, 2.75) is 12.8 Å². The van der Waals surface area contributed by atoms with E-state index in [-0.39, 0.29) is 0 Å². The summed E-state index contributed by atoms with van der Waals surface area (Å²) in [6.45, 7) is 9.77. The number of benzene rings is 2. The minimum absolute atomic E-state index is 0.405. The van der Waals surface area contributed by atoms with Gasteiger partial charge in [-0.3, -0.25) is 0 Å². The molecule has 0 aliphatic rings. The molecule has 0 N–H and O–H groups in total. The average molecular weight is 234 g/mol. The summed E-state index contributed by atoms with van der Waals surface area (Å²) in [6, 6.07) is 17.1. The summed E-state index contributed by atoms with van der Waals surface area (Å²) in [4.78, 5) is 0. The first-order chi connectivity index (χ1) is 8.74. The molecule has 2 aromatic rings. The van der Waals surface area contributed by atoms with Crippen molar-refractivity contribution in [3.8, 4) is 0 Å². The lowest BCUT2D eigenvalue weighted by molar-refractivity contribution is 0.922. The molecule has 0 radical (unpaired) electrons. The number of rotatable bonds is 4. The van der Waals surface area contributed by atoms with E-state index in [4.69, 9.17) is 0 Å². The predicted molar refractivity (Wildman–Crippen MR) is 80.6 cm³/mol. The molecule has 2 aromatic carbocycles. The Bertz CT molecular complexity index is 478. The molecule has 0 saturated carbocycles. The van der Waals surface area contributed by atoms with Gasteiger partial charge >= 0.3 is 0 Å². The van der Waals surface area contributed by atoms with Crippen LogP contribution in [0, 0.1) is 0 Å². The van der Waals surface area contributed by atoms with Gasteiger partial charge < -0.3 is 0 Å². The number of hydrogen-bond acceptors (Lipinski definition) is 0. The first-order valence-corrected chi connectivity index (χ1v) is 6.19. The maximum absolute atomic E-state index is 3.77. The van der Waals surface area contributed by atoms with Crippen LogP contribution in [0.15, 0.2) is 61.7 Å². The minimum Gasteiger partial charge on any atom is -0.0985 e. The molecule has 0 bridgehead atoms. The van der Waals surface area contributed by atoms with Crippen molar-refractivity contribution in [1.82, 2.24) is 0 Å². The van der Waals surface area contributed by atoms with Crippen LogP contribution >= 0.6 is 0 Å². The highest BCUT2D eigenvalue weighted by molar-refractivity contribution is 5.50. The summed E-state index contributed by atoms with van der Waals surface area (Å²) in [6.07, 6.45) is 3.74. The fraction of sp³-hybridized carbons (Fsp3) is 0.111. The van der Waals surface area contributed by atoms with Gasteiger partial charge in [-0.2, -0.15) is 0 Å². The summed E-state index contributed by atoms with van der Waals surface area (Å²) >= 11 is 0. The van der Waals surface area contributed by atoms with Gasteiger partial charge in [-0.25, -0.2) is 0 Å². The number of hydrogen-bond donors (Lipinski definition) is 0. The molecule has 0 aliphatic carbocycles. The zero-order chi connectivity index (χ0) is 13.0. The maximum Gasteiger partial charge on any atom is 0.00610 e. The van der Waals surface area contributed by atoms with Gasteiger partial charge in [0.05, 0.1) is 0 Å². The van der Waals surface area contributed by atoms with Gasteiger partial charge in [-0.15, -0.1) is 0 Å². The molecule has 0 heteroatoms. The molecule has 2 rings (SSSR count). The van der Waals surface area contributed by atoms with Crippen molar-refractivity contribution in [2.75, 3.05) is 0 Å². The highest BCUT2D eigenvalue weighted by Crippen LogP contribution is 2.24. The first-order valence-electron chi connectivity index (χ1n) is 6.19. The molecular formula is C18H18. The van der Waals surface area contributed by atoms with Crippen LogP contribution in [-0.2, 0) is 0 Å². The molecule has 0 fully saturated rings. The lowest BCUT2D eigenvalue weighted by atomic mass is 9.92. The fourth-order valence-electron chi connectivity index (χ4n) is 2.03. The first kappa shape index (κ1) is 12.4. The van der Waals surface area contributed by atoms with Crippen LogP contribution in [0.5, 0.6) is 0 Å². The van der Waals surface area contributed by atoms with Gasteiger partial charge in [0.2, 0.25) is 0 Å². The Balaban J connectivity index is 2.25. The van der Waals surface area contributed by atoms with E-state index in [1.165, 1.54) is 11.1 Å². The van der Waals surface area contributed by atoms with Crippen molar-refractivity contribution in [1.29, 1.82) is 0 Å². The van der Waals surface area contributed by atoms with E-state index >= 15 is 0 Å². The molecular weight excluding hydrogens is 216 g/mol. The normalized spacial score (nSPS) is 10.3. The monoisotopic (exact) mass is 234 g/mol. The van der Waals surface area contributed by atoms with Crippen molar-refractivity contribution in [3.63, 3.8) is 0 Å². The molecule has 0 heterocycles. The predicted octanol–water partition coefficient (Wildman–Crippen LogP) is 5.12. The van der Waals surface area contributed by atoms with Gasteiger partial charge in [0.1, 0.15) is 0 Å². The zero-order valence-electron chi connectivity index (χ0n) is 10.8. The summed E-state index contributed by atoms with van der Waals surface area (Å²) < 4.78 is 0. The third-order valence-electron chi connectivity index (χ3n) is 3.34. The maximum atomic E-state index is 3.77. The highest BCUT2D eigenvalue weighted by Gasteiger charge is 2.07. The average Bonchev–Trinajstić information content (AvgIpc) is 2.47. The van der Waals surface area contributed by atoms with Gasteiger partial charge in [0.15, 0.2) is 0 Å². The van der Waals surface area contributed by atoms with E-state index in [2.05, 4.69) is 68.6 Å². The summed E-state index contributed by atoms with van der Waals surface area (Å²) in [7, 11) is 0. The van der Waals surface area contributed by atoms with Gasteiger partial charge in [0.25, 0.3) is 0 Å². The molecule has 0 nitrogen and oxygen atoms in total. The molecule has 90 valence electrons. The molecule has 0 aromatic heterocycles. The van der Waals surface area contributed by atoms with Crippen molar-refractivity contribution >= 4 is 12.2 Å². The highest BCUT2D eigenvalue weighted by atomic mass is 14.1. The van der Waals surface area contributed by atoms with E-state index in [0.717, 1.165) is 11.1 Å². The summed E-state index contributed by atoms with van der Waals surface area (Å²) in [5.74, 6) is 0.405. The Labute approximate surface area is 109 Å². The second-order valence-electron chi connectivity index (χ2n) is 4.46. The van der Waals surface area contributed by atoms with Crippen LogP contribution < -0.4 is 0 Å². The fourth-order valence-corrected chi connectivity index (χ4v) is 2.03. The quantitative estimate of drug-likeness (QED) is 0.688. The molecule has 0 saturated heterocycles. The van der Waals surface area contributed by atoms with E-state index in [1.54, 1.807) is 0 Å². The van der Waals surface area contributed by atoms with Crippen molar-refractivity contribution in [3.05, 3.63) is 83.9 Å². The van der Waals surface area contributed by atoms with E-state index in [1.807, 2.05) is 12.2 Å². The minimum atomic E-state index is 0.405.